The molecule has 41 heavy (non-hydrogen) atoms. The first-order chi connectivity index (χ1) is 19.1. The number of hydrogen-bond donors (Lipinski definition) is 2. The zero-order valence-electron chi connectivity index (χ0n) is 21.1. The number of carbonyl (C=O) groups excluding carboxylic acids is 2. The van der Waals surface area contributed by atoms with Gasteiger partial charge in [0.2, 0.25) is 0 Å². The maximum atomic E-state index is 13.4. The molecule has 1 saturated carbocycles. The summed E-state index contributed by atoms with van der Waals surface area (Å²) in [7, 11) is -3.57. The van der Waals surface area contributed by atoms with Crippen molar-refractivity contribution in [3.63, 3.8) is 0 Å². The summed E-state index contributed by atoms with van der Waals surface area (Å²) in [5, 5.41) is 11.5. The van der Waals surface area contributed by atoms with Gasteiger partial charge in [-0.2, -0.15) is 26.3 Å². The number of fused-ring (bicyclic) bond motifs is 1. The summed E-state index contributed by atoms with van der Waals surface area (Å²) in [6, 6.07) is 5.22. The molecule has 15 heteroatoms. The normalized spacial score (nSPS) is 21.6. The van der Waals surface area contributed by atoms with Crippen molar-refractivity contribution in [1.29, 1.82) is 0 Å². The maximum Gasteiger partial charge on any atom is 0.430 e. The fraction of sp³-hybridized carbons (Fsp3) is 0.462. The summed E-state index contributed by atoms with van der Waals surface area (Å²) in [6.45, 7) is 0.232. The zero-order chi connectivity index (χ0) is 30.0. The molecule has 3 aliphatic rings. The van der Waals surface area contributed by atoms with Crippen LogP contribution in [0.2, 0.25) is 0 Å². The van der Waals surface area contributed by atoms with Crippen molar-refractivity contribution in [1.82, 2.24) is 4.90 Å². The van der Waals surface area contributed by atoms with E-state index >= 15 is 0 Å². The second-order valence-corrected chi connectivity index (χ2v) is 12.5. The van der Waals surface area contributed by atoms with Gasteiger partial charge >= 0.3 is 12.4 Å². The zero-order valence-corrected chi connectivity index (χ0v) is 21.9. The third kappa shape index (κ3) is 5.07. The number of ether oxygens (including phenoxy) is 1. The van der Waals surface area contributed by atoms with Gasteiger partial charge in [0, 0.05) is 24.4 Å². The predicted molar refractivity (Wildman–Crippen MR) is 130 cm³/mol. The van der Waals surface area contributed by atoms with Crippen molar-refractivity contribution in [3.05, 3.63) is 59.2 Å². The second kappa shape index (κ2) is 9.98. The quantitative estimate of drug-likeness (QED) is 0.479. The summed E-state index contributed by atoms with van der Waals surface area (Å²) < 4.78 is 110. The number of alkyl halides is 6. The van der Waals surface area contributed by atoms with E-state index in [9.17, 15) is 49.5 Å². The third-order valence-corrected chi connectivity index (χ3v) is 9.74. The molecule has 2 aromatic rings. The molecule has 0 bridgehead atoms. The van der Waals surface area contributed by atoms with E-state index in [4.69, 9.17) is 4.74 Å². The number of aliphatic hydroxyl groups is 1. The Morgan fingerprint density at radius 2 is 1.59 bits per heavy atom. The van der Waals surface area contributed by atoms with Crippen LogP contribution in [0.5, 0.6) is 0 Å². The monoisotopic (exact) mass is 606 g/mol. The molecule has 0 aromatic heterocycles. The minimum absolute atomic E-state index is 0.0572. The maximum absolute atomic E-state index is 13.4. The fourth-order valence-electron chi connectivity index (χ4n) is 5.11. The highest BCUT2D eigenvalue weighted by atomic mass is 32.2. The topological polar surface area (TPSA) is 113 Å². The van der Waals surface area contributed by atoms with E-state index in [-0.39, 0.29) is 17.1 Å². The Morgan fingerprint density at radius 3 is 2.12 bits per heavy atom. The van der Waals surface area contributed by atoms with E-state index in [2.05, 4.69) is 5.32 Å². The van der Waals surface area contributed by atoms with Crippen LogP contribution in [0.15, 0.2) is 47.4 Å². The molecular weight excluding hydrogens is 582 g/mol. The number of amides is 2. The Balaban J connectivity index is 1.44. The molecule has 2 N–H and O–H groups in total. The van der Waals surface area contributed by atoms with Crippen LogP contribution >= 0.6 is 0 Å². The van der Waals surface area contributed by atoms with Crippen molar-refractivity contribution in [3.8, 4) is 0 Å². The van der Waals surface area contributed by atoms with E-state index in [1.165, 1.54) is 23.1 Å². The van der Waals surface area contributed by atoms with Gasteiger partial charge in [-0.05, 0) is 61.1 Å². The number of rotatable bonds is 6. The van der Waals surface area contributed by atoms with Gasteiger partial charge in [-0.3, -0.25) is 9.59 Å². The van der Waals surface area contributed by atoms with Crippen molar-refractivity contribution in [2.45, 2.75) is 72.5 Å². The number of nitrogens with zero attached hydrogens (tertiary/aromatic N) is 1. The van der Waals surface area contributed by atoms with Crippen LogP contribution in [0.3, 0.4) is 0 Å². The molecule has 2 atom stereocenters. The highest BCUT2D eigenvalue weighted by Gasteiger charge is 2.71. The molecule has 8 nitrogen and oxygen atoms in total. The lowest BCUT2D eigenvalue weighted by molar-refractivity contribution is -0.376. The first kappa shape index (κ1) is 29.3. The highest BCUT2D eigenvalue weighted by Crippen LogP contribution is 2.50. The number of nitrogens with one attached hydrogen (secondary N) is 1. The van der Waals surface area contributed by atoms with E-state index in [0.29, 0.717) is 55.5 Å². The second-order valence-electron chi connectivity index (χ2n) is 10.2. The van der Waals surface area contributed by atoms with Gasteiger partial charge in [-0.25, -0.2) is 8.42 Å². The molecule has 2 fully saturated rings. The molecule has 222 valence electrons. The number of sulfone groups is 1. The highest BCUT2D eigenvalue weighted by molar-refractivity contribution is 7.92. The lowest BCUT2D eigenvalue weighted by Crippen LogP contribution is -2.53. The van der Waals surface area contributed by atoms with Crippen LogP contribution in [0.1, 0.15) is 48.4 Å². The van der Waals surface area contributed by atoms with Gasteiger partial charge in [0.25, 0.3) is 17.4 Å². The summed E-state index contributed by atoms with van der Waals surface area (Å²) in [4.78, 5) is 28.0. The average molecular weight is 607 g/mol. The van der Waals surface area contributed by atoms with Crippen molar-refractivity contribution >= 4 is 27.3 Å². The Morgan fingerprint density at radius 1 is 0.951 bits per heavy atom. The molecule has 1 saturated heterocycles. The van der Waals surface area contributed by atoms with Crippen molar-refractivity contribution in [2.75, 3.05) is 11.9 Å². The van der Waals surface area contributed by atoms with Gasteiger partial charge in [0.15, 0.2) is 9.84 Å². The van der Waals surface area contributed by atoms with Gasteiger partial charge in [-0.15, -0.1) is 0 Å². The first-order valence-electron chi connectivity index (χ1n) is 12.6. The SMILES string of the molecule is O=C(Nc1ccc(C(O)(C(F)(F)F)C(F)(F)F)cc1)C1c2ccc(S(=O)(=O)C3CC3)cc2CN1C(=O)[C@H]1CCCO1. The predicted octanol–water partition coefficient (Wildman–Crippen LogP) is 4.14. The number of anilines is 1. The summed E-state index contributed by atoms with van der Waals surface area (Å²) in [5.41, 5.74) is -6.09. The molecule has 0 radical (unpaired) electrons. The minimum Gasteiger partial charge on any atom is -0.369 e. The van der Waals surface area contributed by atoms with Crippen LogP contribution in [-0.2, 0) is 36.3 Å². The van der Waals surface area contributed by atoms with Crippen LogP contribution in [0, 0.1) is 0 Å². The van der Waals surface area contributed by atoms with E-state index < -0.39 is 62.6 Å². The number of hydrogen-bond acceptors (Lipinski definition) is 6. The van der Waals surface area contributed by atoms with Crippen molar-refractivity contribution < 1.29 is 54.2 Å². The van der Waals surface area contributed by atoms with Gasteiger partial charge in [0.05, 0.1) is 10.1 Å². The fourth-order valence-corrected chi connectivity index (χ4v) is 6.82. The third-order valence-electron chi connectivity index (χ3n) is 7.48. The molecule has 1 aliphatic carbocycles. The van der Waals surface area contributed by atoms with Gasteiger partial charge < -0.3 is 20.1 Å². The Labute approximate surface area is 230 Å². The Bertz CT molecular complexity index is 1450. The summed E-state index contributed by atoms with van der Waals surface area (Å²) >= 11 is 0. The van der Waals surface area contributed by atoms with E-state index in [1.54, 1.807) is 0 Å². The van der Waals surface area contributed by atoms with E-state index in [1.807, 2.05) is 0 Å². The molecular formula is C26H24F6N2O6S. The van der Waals surface area contributed by atoms with Crippen molar-refractivity contribution in [2.24, 2.45) is 0 Å². The van der Waals surface area contributed by atoms with Gasteiger partial charge in [0.1, 0.15) is 12.1 Å². The molecule has 2 amide bonds. The molecule has 2 aliphatic heterocycles. The van der Waals surface area contributed by atoms with Crippen LogP contribution in [-0.4, -0.2) is 60.6 Å². The largest absolute Gasteiger partial charge is 0.430 e. The average Bonchev–Trinajstić information content (AvgIpc) is 3.49. The van der Waals surface area contributed by atoms with E-state index in [0.717, 1.165) is 12.1 Å². The van der Waals surface area contributed by atoms with Crippen LogP contribution < -0.4 is 5.32 Å². The van der Waals surface area contributed by atoms with Crippen LogP contribution in [0.25, 0.3) is 0 Å². The lowest BCUT2D eigenvalue weighted by Gasteiger charge is -2.32. The first-order valence-corrected chi connectivity index (χ1v) is 14.2. The Hall–Kier alpha value is -3.17. The molecule has 0 spiro atoms. The number of benzene rings is 2. The van der Waals surface area contributed by atoms with Crippen LogP contribution in [0.4, 0.5) is 32.0 Å². The van der Waals surface area contributed by atoms with Gasteiger partial charge in [-0.1, -0.05) is 18.2 Å². The smallest absolute Gasteiger partial charge is 0.369 e. The molecule has 1 unspecified atom stereocenters. The Kier molecular flexibility index (Phi) is 7.14. The minimum atomic E-state index is -6.07. The number of carbonyl (C=O) groups is 2. The summed E-state index contributed by atoms with van der Waals surface area (Å²) in [6.07, 6.45) is -10.9. The number of halogens is 6. The lowest BCUT2D eigenvalue weighted by atomic mass is 9.92. The molecule has 2 heterocycles. The molecule has 5 rings (SSSR count). The summed E-state index contributed by atoms with van der Waals surface area (Å²) in [5.74, 6) is -1.34. The molecule has 2 aromatic carbocycles. The standard InChI is InChI=1S/C26H24F6N2O6S/c27-25(28,29)24(37,26(30,31)32)15-3-5-16(6-4-15)33-22(35)21-19-10-9-18(41(38,39)17-7-8-17)12-14(19)13-34(21)23(36)20-2-1-11-40-20/h3-6,9-10,12,17,20-21,37H,1-2,7-8,11,13H2,(H,33,35)/t20-,21?/m1/s1.